The Morgan fingerprint density at radius 2 is 1.62 bits per heavy atom. The molecule has 3 amide bonds. The third-order valence-electron chi connectivity index (χ3n) is 6.11. The van der Waals surface area contributed by atoms with Gasteiger partial charge >= 0.3 is 12.1 Å². The lowest BCUT2D eigenvalue weighted by molar-refractivity contribution is -0.155. The van der Waals surface area contributed by atoms with Crippen molar-refractivity contribution in [3.8, 4) is 11.3 Å². The van der Waals surface area contributed by atoms with Crippen molar-refractivity contribution in [2.75, 3.05) is 31.5 Å². The summed E-state index contributed by atoms with van der Waals surface area (Å²) in [4.78, 5) is 58.0. The van der Waals surface area contributed by atoms with Crippen LogP contribution in [0.15, 0.2) is 42.5 Å². The number of benzene rings is 1. The van der Waals surface area contributed by atoms with Gasteiger partial charge in [0.15, 0.2) is 0 Å². The largest absolute Gasteiger partial charge is 0.465 e. The third-order valence-corrected chi connectivity index (χ3v) is 6.11. The van der Waals surface area contributed by atoms with E-state index in [1.54, 1.807) is 26.8 Å². The van der Waals surface area contributed by atoms with Crippen LogP contribution in [0.4, 0.5) is 10.5 Å². The predicted octanol–water partition coefficient (Wildman–Crippen LogP) is 3.61. The van der Waals surface area contributed by atoms with Crippen LogP contribution in [-0.2, 0) is 14.3 Å². The molecule has 11 heteroatoms. The average molecular weight is 554 g/mol. The maximum Gasteiger partial charge on any atom is 0.407 e. The molecule has 1 fully saturated rings. The van der Waals surface area contributed by atoms with Gasteiger partial charge in [-0.1, -0.05) is 30.3 Å². The van der Waals surface area contributed by atoms with Gasteiger partial charge in [-0.15, -0.1) is 0 Å². The second-order valence-electron chi connectivity index (χ2n) is 11.0. The molecule has 0 radical (unpaired) electrons. The van der Waals surface area contributed by atoms with Gasteiger partial charge in [-0.3, -0.25) is 14.4 Å². The number of rotatable bonds is 9. The highest BCUT2D eigenvalue weighted by Crippen LogP contribution is 2.23. The summed E-state index contributed by atoms with van der Waals surface area (Å²) >= 11 is 0. The fourth-order valence-corrected chi connectivity index (χ4v) is 4.30. The number of hydrogen-bond acceptors (Lipinski definition) is 7. The Bertz CT molecular complexity index is 1200. The Kier molecular flexibility index (Phi) is 10.1. The first-order valence-electron chi connectivity index (χ1n) is 13.5. The van der Waals surface area contributed by atoms with Gasteiger partial charge in [0.1, 0.15) is 17.3 Å². The van der Waals surface area contributed by atoms with Crippen molar-refractivity contribution in [3.05, 3.63) is 48.2 Å². The number of nitrogens with zero attached hydrogens (tertiary/aromatic N) is 3. The molecule has 1 saturated heterocycles. The Hall–Kier alpha value is -4.15. The number of anilines is 1. The second kappa shape index (κ2) is 13.3. The molecule has 1 aliphatic rings. The lowest BCUT2D eigenvalue weighted by Crippen LogP contribution is -2.55. The molecule has 0 bridgehead atoms. The molecule has 1 aromatic carbocycles. The van der Waals surface area contributed by atoms with E-state index in [1.807, 2.05) is 50.2 Å². The van der Waals surface area contributed by atoms with E-state index in [0.29, 0.717) is 11.4 Å². The lowest BCUT2D eigenvalue weighted by Gasteiger charge is -2.35. The zero-order valence-corrected chi connectivity index (χ0v) is 23.8. The second-order valence-corrected chi connectivity index (χ2v) is 11.0. The van der Waals surface area contributed by atoms with E-state index in [1.165, 1.54) is 9.80 Å². The highest BCUT2D eigenvalue weighted by molar-refractivity contribution is 5.97. The van der Waals surface area contributed by atoms with Gasteiger partial charge in [-0.2, -0.15) is 0 Å². The molecule has 0 aliphatic carbocycles. The molecule has 216 valence electrons. The summed E-state index contributed by atoms with van der Waals surface area (Å²) in [5, 5.41) is 15.3. The highest BCUT2D eigenvalue weighted by atomic mass is 16.6. The van der Waals surface area contributed by atoms with Crippen molar-refractivity contribution in [3.63, 3.8) is 0 Å². The molecule has 1 aliphatic heterocycles. The number of carbonyl (C=O) groups excluding carboxylic acids is 3. The molecule has 2 heterocycles. The summed E-state index contributed by atoms with van der Waals surface area (Å²) in [6.45, 7) is 9.94. The molecular formula is C29H39N5O6. The number of nitrogens with one attached hydrogen (secondary N) is 2. The van der Waals surface area contributed by atoms with Gasteiger partial charge in [0.05, 0.1) is 5.69 Å². The number of aromatic nitrogens is 1. The fraction of sp³-hybridized carbons (Fsp3) is 0.483. The first-order valence-corrected chi connectivity index (χ1v) is 13.5. The molecule has 0 spiro atoms. The summed E-state index contributed by atoms with van der Waals surface area (Å²) in [6, 6.07) is 12.0. The maximum atomic E-state index is 13.5. The van der Waals surface area contributed by atoms with Crippen LogP contribution < -0.4 is 10.6 Å². The van der Waals surface area contributed by atoms with Crippen LogP contribution in [0, 0.1) is 0 Å². The van der Waals surface area contributed by atoms with E-state index in [2.05, 4.69) is 15.6 Å². The Morgan fingerprint density at radius 1 is 1.00 bits per heavy atom. The van der Waals surface area contributed by atoms with Crippen LogP contribution in [0.5, 0.6) is 0 Å². The van der Waals surface area contributed by atoms with Gasteiger partial charge in [0.25, 0.3) is 5.91 Å². The number of hydrogen-bond donors (Lipinski definition) is 3. The Balaban J connectivity index is 1.84. The summed E-state index contributed by atoms with van der Waals surface area (Å²) in [5.74, 6) is -1.43. The highest BCUT2D eigenvalue weighted by Gasteiger charge is 2.31. The normalized spacial score (nSPS) is 14.4. The maximum absolute atomic E-state index is 13.5. The molecule has 2 aromatic rings. The minimum Gasteiger partial charge on any atom is -0.465 e. The predicted molar refractivity (Wildman–Crippen MR) is 151 cm³/mol. The smallest absolute Gasteiger partial charge is 0.407 e. The fourth-order valence-electron chi connectivity index (χ4n) is 4.30. The lowest BCUT2D eigenvalue weighted by atomic mass is 10.1. The topological polar surface area (TPSA) is 141 Å². The number of esters is 1. The van der Waals surface area contributed by atoms with Crippen LogP contribution in [-0.4, -0.2) is 87.6 Å². The molecule has 1 atom stereocenters. The summed E-state index contributed by atoms with van der Waals surface area (Å²) in [6.07, 6.45) is -1.11. The van der Waals surface area contributed by atoms with Gasteiger partial charge < -0.3 is 30.3 Å². The van der Waals surface area contributed by atoms with Crippen molar-refractivity contribution >= 4 is 29.6 Å². The van der Waals surface area contributed by atoms with Gasteiger partial charge in [-0.25, -0.2) is 9.78 Å². The van der Waals surface area contributed by atoms with Crippen LogP contribution in [0.25, 0.3) is 11.3 Å². The number of amides is 3. The van der Waals surface area contributed by atoms with E-state index >= 15 is 0 Å². The van der Waals surface area contributed by atoms with Crippen LogP contribution >= 0.6 is 0 Å². The monoisotopic (exact) mass is 553 g/mol. The van der Waals surface area contributed by atoms with Gasteiger partial charge in [0.2, 0.25) is 5.91 Å². The number of pyridine rings is 1. The third kappa shape index (κ3) is 8.96. The van der Waals surface area contributed by atoms with Crippen molar-refractivity contribution in [2.45, 2.75) is 65.1 Å². The number of carboxylic acid groups (broad SMARTS) is 1. The minimum absolute atomic E-state index is 0.0219. The molecule has 0 saturated carbocycles. The first kappa shape index (κ1) is 30.4. The number of carbonyl (C=O) groups is 4. The van der Waals surface area contributed by atoms with Crippen LogP contribution in [0.2, 0.25) is 0 Å². The van der Waals surface area contributed by atoms with Gasteiger partial charge in [0, 0.05) is 49.9 Å². The zero-order valence-electron chi connectivity index (χ0n) is 23.8. The Labute approximate surface area is 234 Å². The molecule has 0 unspecified atom stereocenters. The molecule has 3 N–H and O–H groups in total. The van der Waals surface area contributed by atoms with E-state index in [9.17, 15) is 24.3 Å². The van der Waals surface area contributed by atoms with Gasteiger partial charge in [-0.05, 0) is 53.2 Å². The summed E-state index contributed by atoms with van der Waals surface area (Å²) in [7, 11) is 0. The van der Waals surface area contributed by atoms with Crippen LogP contribution in [0.1, 0.15) is 57.9 Å². The Morgan fingerprint density at radius 3 is 2.20 bits per heavy atom. The van der Waals surface area contributed by atoms with E-state index in [-0.39, 0.29) is 56.7 Å². The average Bonchev–Trinajstić information content (AvgIpc) is 2.89. The van der Waals surface area contributed by atoms with Crippen molar-refractivity contribution in [2.24, 2.45) is 0 Å². The number of ether oxygens (including phenoxy) is 1. The quantitative estimate of drug-likeness (QED) is 0.400. The van der Waals surface area contributed by atoms with E-state index in [4.69, 9.17) is 4.74 Å². The first-order chi connectivity index (χ1) is 18.8. The SMILES string of the molecule is CC(C)Nc1cc(C(=O)N[C@@H](CCC(=O)OC(C)(C)C)C(=O)N2CCN(C(=O)O)CC2)nc(-c2ccccc2)c1. The van der Waals surface area contributed by atoms with Crippen molar-refractivity contribution in [1.29, 1.82) is 0 Å². The number of piperazine rings is 1. The molecule has 3 rings (SSSR count). The molecule has 40 heavy (non-hydrogen) atoms. The van der Waals surface area contributed by atoms with E-state index < -0.39 is 29.6 Å². The van der Waals surface area contributed by atoms with Crippen molar-refractivity contribution in [1.82, 2.24) is 20.1 Å². The minimum atomic E-state index is -1.04. The molecular weight excluding hydrogens is 514 g/mol. The van der Waals surface area contributed by atoms with Crippen molar-refractivity contribution < 1.29 is 29.0 Å². The standard InChI is InChI=1S/C29H39N5O6/c1-19(2)30-21-17-23(20-9-7-6-8-10-20)31-24(18-21)26(36)32-22(11-12-25(35)40-29(3,4)5)27(37)33-13-15-34(16-14-33)28(38)39/h6-10,17-19,22H,11-16H2,1-5H3,(H,30,31)(H,32,36)(H,38,39)/t22-/m0/s1. The summed E-state index contributed by atoms with van der Waals surface area (Å²) in [5.41, 5.74) is 1.57. The van der Waals surface area contributed by atoms with Crippen LogP contribution in [0.3, 0.4) is 0 Å². The zero-order chi connectivity index (χ0) is 29.4. The van der Waals surface area contributed by atoms with E-state index in [0.717, 1.165) is 5.56 Å². The summed E-state index contributed by atoms with van der Waals surface area (Å²) < 4.78 is 5.39. The molecule has 1 aromatic heterocycles. The molecule has 11 nitrogen and oxygen atoms in total.